The van der Waals surface area contributed by atoms with Gasteiger partial charge in [0.15, 0.2) is 11.6 Å². The Morgan fingerprint density at radius 3 is 1.78 bits per heavy atom. The van der Waals surface area contributed by atoms with E-state index < -0.39 is 80.6 Å². The first-order valence-electron chi connectivity index (χ1n) is 13.6. The number of ether oxygens (including phenoxy) is 2. The van der Waals surface area contributed by atoms with Gasteiger partial charge in [0, 0.05) is 23.3 Å². The molecule has 0 saturated heterocycles. The molecule has 0 fully saturated rings. The summed E-state index contributed by atoms with van der Waals surface area (Å²) in [5, 5.41) is -0.445. The van der Waals surface area contributed by atoms with Crippen LogP contribution in [0, 0.1) is 34.9 Å². The lowest BCUT2D eigenvalue weighted by atomic mass is 9.96. The molecule has 0 aliphatic carbocycles. The maximum Gasteiger partial charge on any atom is 0.573 e. The van der Waals surface area contributed by atoms with E-state index in [0.29, 0.717) is 6.42 Å². The quantitative estimate of drug-likeness (QED) is 0.116. The summed E-state index contributed by atoms with van der Waals surface area (Å²) < 4.78 is 162. The van der Waals surface area contributed by atoms with Gasteiger partial charge in [-0.2, -0.15) is 8.78 Å². The maximum absolute atomic E-state index is 15.3. The standard InChI is InChI=1S/C32H22ClF11O2/c1-2-3-4-5-6-16-7-8-20(22(34)9-16)17-10-21(33)28(23(35)11-17)18-12-24(36)29(25(37)13-18)31(40,41)45-19-14-26(38)30(27(39)15-19)46-32(42,43)44/h7-15H,2-6H2,1H3. The fourth-order valence-corrected chi connectivity index (χ4v) is 5.03. The molecule has 0 bridgehead atoms. The minimum atomic E-state index is -5.53. The van der Waals surface area contributed by atoms with Crippen LogP contribution in [-0.2, 0) is 12.5 Å². The molecule has 0 amide bonds. The van der Waals surface area contributed by atoms with Gasteiger partial charge in [-0.3, -0.25) is 0 Å². The van der Waals surface area contributed by atoms with Gasteiger partial charge in [0.2, 0.25) is 5.75 Å². The van der Waals surface area contributed by atoms with Gasteiger partial charge in [0.05, 0.1) is 5.02 Å². The van der Waals surface area contributed by atoms with E-state index in [4.69, 9.17) is 11.6 Å². The average Bonchev–Trinajstić information content (AvgIpc) is 2.91. The maximum atomic E-state index is 15.3. The van der Waals surface area contributed by atoms with E-state index in [1.54, 1.807) is 6.07 Å². The van der Waals surface area contributed by atoms with Crippen LogP contribution >= 0.6 is 11.6 Å². The van der Waals surface area contributed by atoms with Crippen molar-refractivity contribution in [1.29, 1.82) is 0 Å². The zero-order valence-corrected chi connectivity index (χ0v) is 24.3. The molecule has 4 rings (SSSR count). The van der Waals surface area contributed by atoms with Crippen molar-refractivity contribution in [3.8, 4) is 33.8 Å². The fourth-order valence-electron chi connectivity index (χ4n) is 4.71. The molecule has 14 heteroatoms. The Morgan fingerprint density at radius 1 is 0.630 bits per heavy atom. The number of halogens is 12. The van der Waals surface area contributed by atoms with Gasteiger partial charge in [-0.1, -0.05) is 49.9 Å². The molecule has 0 aliphatic heterocycles. The molecule has 0 atom stereocenters. The van der Waals surface area contributed by atoms with E-state index in [1.165, 1.54) is 12.1 Å². The topological polar surface area (TPSA) is 18.5 Å². The molecular formula is C32H22ClF11O2. The highest BCUT2D eigenvalue weighted by molar-refractivity contribution is 6.33. The lowest BCUT2D eigenvalue weighted by Gasteiger charge is -2.21. The predicted octanol–water partition coefficient (Wildman–Crippen LogP) is 11.7. The molecule has 46 heavy (non-hydrogen) atoms. The molecular weight excluding hydrogens is 661 g/mol. The fraction of sp³-hybridized carbons (Fsp3) is 0.250. The molecule has 0 unspecified atom stereocenters. The van der Waals surface area contributed by atoms with E-state index in [-0.39, 0.29) is 35.4 Å². The lowest BCUT2D eigenvalue weighted by molar-refractivity contribution is -0.276. The van der Waals surface area contributed by atoms with Crippen molar-refractivity contribution in [2.75, 3.05) is 0 Å². The third-order valence-corrected chi connectivity index (χ3v) is 7.06. The Bertz CT molecular complexity index is 1670. The van der Waals surface area contributed by atoms with Gasteiger partial charge >= 0.3 is 12.5 Å². The second kappa shape index (κ2) is 13.8. The lowest BCUT2D eigenvalue weighted by Crippen LogP contribution is -2.25. The monoisotopic (exact) mass is 682 g/mol. The highest BCUT2D eigenvalue weighted by Crippen LogP contribution is 2.41. The van der Waals surface area contributed by atoms with Crippen LogP contribution in [0.3, 0.4) is 0 Å². The Kier molecular flexibility index (Phi) is 10.4. The number of aryl methyl sites for hydroxylation is 1. The number of rotatable bonds is 11. The summed E-state index contributed by atoms with van der Waals surface area (Å²) in [5.74, 6) is -13.5. The first-order chi connectivity index (χ1) is 21.5. The van der Waals surface area contributed by atoms with E-state index >= 15 is 4.39 Å². The van der Waals surface area contributed by atoms with E-state index in [9.17, 15) is 43.9 Å². The first kappa shape index (κ1) is 34.9. The summed E-state index contributed by atoms with van der Waals surface area (Å²) in [6.07, 6.45) is -5.95. The molecule has 2 nitrogen and oxygen atoms in total. The van der Waals surface area contributed by atoms with Crippen LogP contribution in [0.15, 0.2) is 54.6 Å². The van der Waals surface area contributed by atoms with Crippen LogP contribution in [0.1, 0.15) is 43.7 Å². The van der Waals surface area contributed by atoms with Crippen molar-refractivity contribution in [1.82, 2.24) is 0 Å². The first-order valence-corrected chi connectivity index (χ1v) is 14.0. The molecule has 4 aromatic rings. The van der Waals surface area contributed by atoms with Crippen molar-refractivity contribution in [2.45, 2.75) is 51.5 Å². The summed E-state index contributed by atoms with van der Waals surface area (Å²) in [7, 11) is 0. The largest absolute Gasteiger partial charge is 0.573 e. The normalized spacial score (nSPS) is 12.0. The van der Waals surface area contributed by atoms with E-state index in [1.807, 2.05) is 0 Å². The second-order valence-corrected chi connectivity index (χ2v) is 10.5. The average molecular weight is 683 g/mol. The van der Waals surface area contributed by atoms with Crippen LogP contribution in [0.4, 0.5) is 48.3 Å². The molecule has 4 aromatic carbocycles. The van der Waals surface area contributed by atoms with Crippen molar-refractivity contribution < 1.29 is 57.8 Å². The zero-order valence-electron chi connectivity index (χ0n) is 23.6. The number of benzene rings is 4. The Labute approximate surface area is 260 Å². The van der Waals surface area contributed by atoms with E-state index in [2.05, 4.69) is 16.4 Å². The number of alkyl halides is 5. The predicted molar refractivity (Wildman–Crippen MR) is 148 cm³/mol. The van der Waals surface area contributed by atoms with Crippen LogP contribution in [0.2, 0.25) is 5.02 Å². The van der Waals surface area contributed by atoms with Crippen LogP contribution < -0.4 is 9.47 Å². The van der Waals surface area contributed by atoms with Gasteiger partial charge in [0.1, 0.15) is 34.6 Å². The van der Waals surface area contributed by atoms with Crippen molar-refractivity contribution in [2.24, 2.45) is 0 Å². The van der Waals surface area contributed by atoms with E-state index in [0.717, 1.165) is 43.4 Å². The van der Waals surface area contributed by atoms with Gasteiger partial charge in [-0.15, -0.1) is 13.2 Å². The summed E-state index contributed by atoms with van der Waals surface area (Å²) in [5.41, 5.74) is -2.62. The molecule has 0 N–H and O–H groups in total. The number of unbranched alkanes of at least 4 members (excludes halogenated alkanes) is 3. The van der Waals surface area contributed by atoms with Gasteiger partial charge < -0.3 is 9.47 Å². The molecule has 0 radical (unpaired) electrons. The summed E-state index contributed by atoms with van der Waals surface area (Å²) in [6.45, 7) is 2.06. The smallest absolute Gasteiger partial charge is 0.429 e. The van der Waals surface area contributed by atoms with Crippen molar-refractivity contribution in [3.63, 3.8) is 0 Å². The van der Waals surface area contributed by atoms with Crippen molar-refractivity contribution in [3.05, 3.63) is 106 Å². The third-order valence-electron chi connectivity index (χ3n) is 6.76. The highest BCUT2D eigenvalue weighted by atomic mass is 35.5. The second-order valence-electron chi connectivity index (χ2n) is 10.1. The van der Waals surface area contributed by atoms with Crippen LogP contribution in [-0.4, -0.2) is 6.36 Å². The van der Waals surface area contributed by atoms with Crippen molar-refractivity contribution >= 4 is 11.6 Å². The summed E-state index contributed by atoms with van der Waals surface area (Å²) >= 11 is 6.19. The molecule has 0 aliphatic rings. The Morgan fingerprint density at radius 2 is 1.24 bits per heavy atom. The summed E-state index contributed by atoms with van der Waals surface area (Å²) in [6, 6.07) is 6.70. The van der Waals surface area contributed by atoms with Gasteiger partial charge in [0.25, 0.3) is 0 Å². The van der Waals surface area contributed by atoms with Crippen LogP contribution in [0.5, 0.6) is 11.5 Å². The number of hydrogen-bond acceptors (Lipinski definition) is 2. The molecule has 0 saturated carbocycles. The number of hydrogen-bond donors (Lipinski definition) is 0. The van der Waals surface area contributed by atoms with Gasteiger partial charge in [-0.25, -0.2) is 26.3 Å². The Balaban J connectivity index is 1.61. The molecule has 0 spiro atoms. The minimum absolute atomic E-state index is 0.00935. The Hall–Kier alpha value is -4.00. The molecule has 0 heterocycles. The van der Waals surface area contributed by atoms with Gasteiger partial charge in [-0.05, 0) is 59.9 Å². The van der Waals surface area contributed by atoms with Crippen LogP contribution in [0.25, 0.3) is 22.3 Å². The molecule has 246 valence electrons. The third kappa shape index (κ3) is 8.04. The molecule has 0 aromatic heterocycles. The highest BCUT2D eigenvalue weighted by Gasteiger charge is 2.42. The zero-order chi connectivity index (χ0) is 34.0. The SMILES string of the molecule is CCCCCCc1ccc(-c2cc(F)c(-c3cc(F)c(C(F)(F)Oc4cc(F)c(OC(F)(F)F)c(F)c4)c(F)c3)c(Cl)c2)c(F)c1. The minimum Gasteiger partial charge on any atom is -0.429 e. The summed E-state index contributed by atoms with van der Waals surface area (Å²) in [4.78, 5) is 0.